The number of nitrogens with two attached hydrogens (primary N) is 1. The molecule has 1 unspecified atom stereocenters. The van der Waals surface area contributed by atoms with Crippen molar-refractivity contribution in [1.29, 1.82) is 0 Å². The highest BCUT2D eigenvalue weighted by Gasteiger charge is 2.14. The van der Waals surface area contributed by atoms with Gasteiger partial charge in [-0.15, -0.1) is 5.10 Å². The Morgan fingerprint density at radius 2 is 2.00 bits per heavy atom. The molecule has 1 heterocycles. The highest BCUT2D eigenvalue weighted by Crippen LogP contribution is 2.24. The maximum atomic E-state index is 12.7. The van der Waals surface area contributed by atoms with Gasteiger partial charge in [0.25, 0.3) is 0 Å². The van der Waals surface area contributed by atoms with Gasteiger partial charge in [-0.25, -0.2) is 4.39 Å². The van der Waals surface area contributed by atoms with E-state index in [-0.39, 0.29) is 11.9 Å². The fourth-order valence-corrected chi connectivity index (χ4v) is 2.02. The van der Waals surface area contributed by atoms with E-state index in [0.717, 1.165) is 16.1 Å². The summed E-state index contributed by atoms with van der Waals surface area (Å²) in [5, 5.41) is 3.90. The smallest absolute Gasteiger partial charge is 0.123 e. The Kier molecular flexibility index (Phi) is 2.75. The highest BCUT2D eigenvalue weighted by atomic mass is 32.1. The molecule has 15 heavy (non-hydrogen) atoms. The molecular formula is C10H10FN3S. The minimum atomic E-state index is -0.273. The molecule has 1 aromatic carbocycles. The molecule has 78 valence electrons. The number of hydrogen-bond acceptors (Lipinski definition) is 4. The maximum Gasteiger partial charge on any atom is 0.123 e. The first kappa shape index (κ1) is 10.2. The van der Waals surface area contributed by atoms with Crippen LogP contribution in [0.4, 0.5) is 4.39 Å². The molecule has 0 spiro atoms. The van der Waals surface area contributed by atoms with Gasteiger partial charge in [0.2, 0.25) is 0 Å². The summed E-state index contributed by atoms with van der Waals surface area (Å²) in [6.45, 7) is 1.86. The number of nitrogens with zero attached hydrogens (tertiary/aromatic N) is 2. The molecule has 2 aromatic rings. The van der Waals surface area contributed by atoms with Crippen molar-refractivity contribution in [2.45, 2.75) is 13.0 Å². The Morgan fingerprint density at radius 1 is 1.33 bits per heavy atom. The number of rotatable bonds is 2. The van der Waals surface area contributed by atoms with Gasteiger partial charge in [-0.05, 0) is 36.2 Å². The molecule has 0 amide bonds. The van der Waals surface area contributed by atoms with Crippen LogP contribution in [-0.4, -0.2) is 9.59 Å². The highest BCUT2D eigenvalue weighted by molar-refractivity contribution is 7.05. The van der Waals surface area contributed by atoms with Crippen LogP contribution < -0.4 is 5.73 Å². The third-order valence-corrected chi connectivity index (χ3v) is 3.11. The second-order valence-electron chi connectivity index (χ2n) is 3.25. The summed E-state index contributed by atoms with van der Waals surface area (Å²) in [5.74, 6) is -0.259. The van der Waals surface area contributed by atoms with E-state index in [2.05, 4.69) is 9.59 Å². The van der Waals surface area contributed by atoms with Crippen molar-refractivity contribution in [2.24, 2.45) is 5.73 Å². The fourth-order valence-electron chi connectivity index (χ4n) is 1.34. The number of aryl methyl sites for hydroxylation is 1. The average Bonchev–Trinajstić information content (AvgIpc) is 2.65. The van der Waals surface area contributed by atoms with Crippen LogP contribution in [0.1, 0.15) is 22.2 Å². The summed E-state index contributed by atoms with van der Waals surface area (Å²) in [4.78, 5) is 0.918. The number of hydrogen-bond donors (Lipinski definition) is 1. The minimum absolute atomic E-state index is 0.259. The van der Waals surface area contributed by atoms with Crippen molar-refractivity contribution in [1.82, 2.24) is 9.59 Å². The summed E-state index contributed by atoms with van der Waals surface area (Å²) in [7, 11) is 0. The SMILES string of the molecule is Cc1nnsc1C(N)c1ccc(F)cc1. The molecule has 0 fully saturated rings. The lowest BCUT2D eigenvalue weighted by Gasteiger charge is -2.09. The third kappa shape index (κ3) is 2.03. The minimum Gasteiger partial charge on any atom is -0.320 e. The molecular weight excluding hydrogens is 213 g/mol. The van der Waals surface area contributed by atoms with E-state index >= 15 is 0 Å². The van der Waals surface area contributed by atoms with Crippen molar-refractivity contribution in [2.75, 3.05) is 0 Å². The summed E-state index contributed by atoms with van der Waals surface area (Å²) in [6.07, 6.45) is 0. The molecule has 0 saturated carbocycles. The van der Waals surface area contributed by atoms with Crippen molar-refractivity contribution >= 4 is 11.5 Å². The van der Waals surface area contributed by atoms with Crippen molar-refractivity contribution in [3.05, 3.63) is 46.2 Å². The molecule has 2 rings (SSSR count). The molecule has 3 nitrogen and oxygen atoms in total. The van der Waals surface area contributed by atoms with Gasteiger partial charge in [0.05, 0.1) is 16.6 Å². The molecule has 0 aliphatic rings. The van der Waals surface area contributed by atoms with E-state index in [4.69, 9.17) is 5.73 Å². The second-order valence-corrected chi connectivity index (χ2v) is 4.04. The van der Waals surface area contributed by atoms with E-state index in [1.807, 2.05) is 6.92 Å². The van der Waals surface area contributed by atoms with E-state index in [9.17, 15) is 4.39 Å². The lowest BCUT2D eigenvalue weighted by Crippen LogP contribution is -2.11. The van der Waals surface area contributed by atoms with Gasteiger partial charge in [0, 0.05) is 0 Å². The van der Waals surface area contributed by atoms with E-state index < -0.39 is 0 Å². The van der Waals surface area contributed by atoms with Gasteiger partial charge in [0.15, 0.2) is 0 Å². The lowest BCUT2D eigenvalue weighted by atomic mass is 10.1. The van der Waals surface area contributed by atoms with Gasteiger partial charge >= 0.3 is 0 Å². The molecule has 2 N–H and O–H groups in total. The van der Waals surface area contributed by atoms with Gasteiger partial charge in [0.1, 0.15) is 5.82 Å². The fraction of sp³-hybridized carbons (Fsp3) is 0.200. The zero-order valence-electron chi connectivity index (χ0n) is 8.14. The van der Waals surface area contributed by atoms with Crippen LogP contribution in [0, 0.1) is 12.7 Å². The number of benzene rings is 1. The molecule has 1 atom stereocenters. The molecule has 0 bridgehead atoms. The van der Waals surface area contributed by atoms with Crippen LogP contribution in [0.25, 0.3) is 0 Å². The summed E-state index contributed by atoms with van der Waals surface area (Å²) < 4.78 is 16.5. The van der Waals surface area contributed by atoms with E-state index in [1.165, 1.54) is 23.7 Å². The predicted octanol–water partition coefficient (Wildman–Crippen LogP) is 2.03. The first-order valence-electron chi connectivity index (χ1n) is 4.48. The monoisotopic (exact) mass is 223 g/mol. The Labute approximate surface area is 90.9 Å². The zero-order valence-corrected chi connectivity index (χ0v) is 8.96. The molecule has 5 heteroatoms. The lowest BCUT2D eigenvalue weighted by molar-refractivity contribution is 0.626. The van der Waals surface area contributed by atoms with Crippen LogP contribution >= 0.6 is 11.5 Å². The predicted molar refractivity (Wildman–Crippen MR) is 57.1 cm³/mol. The third-order valence-electron chi connectivity index (χ3n) is 2.20. The zero-order chi connectivity index (χ0) is 10.8. The Bertz CT molecular complexity index is 452. The molecule has 0 aliphatic carbocycles. The summed E-state index contributed by atoms with van der Waals surface area (Å²) in [5.41, 5.74) is 7.72. The number of aromatic nitrogens is 2. The number of halogens is 1. The molecule has 0 aliphatic heterocycles. The van der Waals surface area contributed by atoms with Gasteiger partial charge in [-0.3, -0.25) is 0 Å². The summed E-state index contributed by atoms with van der Waals surface area (Å²) >= 11 is 1.28. The molecule has 1 aromatic heterocycles. The van der Waals surface area contributed by atoms with Gasteiger partial charge in [-0.2, -0.15) is 0 Å². The van der Waals surface area contributed by atoms with E-state index in [0.29, 0.717) is 0 Å². The normalized spacial score (nSPS) is 12.7. The van der Waals surface area contributed by atoms with Gasteiger partial charge in [-0.1, -0.05) is 16.6 Å². The Morgan fingerprint density at radius 3 is 2.53 bits per heavy atom. The standard InChI is InChI=1S/C10H10FN3S/c1-6-10(15-14-13-6)9(12)7-2-4-8(11)5-3-7/h2-5,9H,12H2,1H3. The first-order valence-corrected chi connectivity index (χ1v) is 5.25. The van der Waals surface area contributed by atoms with Crippen LogP contribution in [0.15, 0.2) is 24.3 Å². The van der Waals surface area contributed by atoms with Crippen molar-refractivity contribution in [3.8, 4) is 0 Å². The summed E-state index contributed by atoms with van der Waals surface area (Å²) in [6, 6.07) is 5.89. The Hall–Kier alpha value is -1.33. The van der Waals surface area contributed by atoms with E-state index in [1.54, 1.807) is 12.1 Å². The van der Waals surface area contributed by atoms with Crippen LogP contribution in [0.3, 0.4) is 0 Å². The second kappa shape index (κ2) is 4.04. The van der Waals surface area contributed by atoms with Crippen molar-refractivity contribution in [3.63, 3.8) is 0 Å². The topological polar surface area (TPSA) is 51.8 Å². The molecule has 0 radical (unpaired) electrons. The molecule has 0 saturated heterocycles. The quantitative estimate of drug-likeness (QED) is 0.847. The Balaban J connectivity index is 2.32. The maximum absolute atomic E-state index is 12.7. The largest absolute Gasteiger partial charge is 0.320 e. The van der Waals surface area contributed by atoms with Crippen molar-refractivity contribution < 1.29 is 4.39 Å². The van der Waals surface area contributed by atoms with Gasteiger partial charge < -0.3 is 5.73 Å². The average molecular weight is 223 g/mol. The van der Waals surface area contributed by atoms with Crippen LogP contribution in [0.2, 0.25) is 0 Å². The van der Waals surface area contributed by atoms with Crippen LogP contribution in [0.5, 0.6) is 0 Å². The first-order chi connectivity index (χ1) is 7.18. The van der Waals surface area contributed by atoms with Crippen LogP contribution in [-0.2, 0) is 0 Å².